The number of esters is 1. The highest BCUT2D eigenvalue weighted by Crippen LogP contribution is 2.76. The van der Waals surface area contributed by atoms with Crippen molar-refractivity contribution in [1.82, 2.24) is 0 Å². The molecule has 0 bridgehead atoms. The summed E-state index contributed by atoms with van der Waals surface area (Å²) < 4.78 is 59.6. The first-order valence-corrected chi connectivity index (χ1v) is 30.7. The lowest BCUT2D eigenvalue weighted by atomic mass is 9.33. The van der Waals surface area contributed by atoms with Crippen LogP contribution in [0.4, 0.5) is 0 Å². The van der Waals surface area contributed by atoms with Gasteiger partial charge in [-0.3, -0.25) is 4.79 Å². The van der Waals surface area contributed by atoms with Crippen molar-refractivity contribution in [3.8, 4) is 0 Å². The highest BCUT2D eigenvalue weighted by Gasteiger charge is 2.70. The number of ether oxygens (including phenoxy) is 10. The summed E-state index contributed by atoms with van der Waals surface area (Å²) in [6.45, 7) is 12.8. The molecule has 0 spiro atoms. The van der Waals surface area contributed by atoms with Gasteiger partial charge in [0.05, 0.1) is 44.6 Å². The Morgan fingerprint density at radius 1 is 0.523 bits per heavy atom. The summed E-state index contributed by atoms with van der Waals surface area (Å²) >= 11 is 0. The van der Waals surface area contributed by atoms with Gasteiger partial charge in [0.1, 0.15) is 116 Å². The van der Waals surface area contributed by atoms with Crippen molar-refractivity contribution in [2.45, 2.75) is 266 Å². The fourth-order valence-electron chi connectivity index (χ4n) is 17.5. The van der Waals surface area contributed by atoms with Crippen LogP contribution in [0.5, 0.6) is 0 Å². The molecule has 0 radical (unpaired) electrons. The molecule has 27 heteroatoms. The molecule has 0 aromatic carbocycles. The minimum Gasteiger partial charge on any atom is -0.432 e. The second-order valence-electron chi connectivity index (χ2n) is 28.7. The van der Waals surface area contributed by atoms with Gasteiger partial charge in [-0.25, -0.2) is 0 Å². The summed E-state index contributed by atoms with van der Waals surface area (Å²) in [4.78, 5) is 15.2. The Bertz CT molecular complexity index is 2380. The lowest BCUT2D eigenvalue weighted by Crippen LogP contribution is -2.67. The number of hydrogen-bond acceptors (Lipinski definition) is 27. The maximum absolute atomic E-state index is 15.2. The molecule has 0 aromatic heterocycles. The Labute approximate surface area is 499 Å². The Kier molecular flexibility index (Phi) is 19.4. The van der Waals surface area contributed by atoms with Gasteiger partial charge in [0.15, 0.2) is 25.2 Å². The predicted octanol–water partition coefficient (Wildman–Crippen LogP) is -3.57. The van der Waals surface area contributed by atoms with Crippen molar-refractivity contribution < 1.29 is 134 Å². The predicted molar refractivity (Wildman–Crippen MR) is 289 cm³/mol. The van der Waals surface area contributed by atoms with E-state index >= 15 is 4.79 Å². The van der Waals surface area contributed by atoms with E-state index in [1.165, 1.54) is 5.57 Å². The van der Waals surface area contributed by atoms with Crippen molar-refractivity contribution in [1.29, 1.82) is 0 Å². The zero-order valence-corrected chi connectivity index (χ0v) is 50.0. The molecule has 86 heavy (non-hydrogen) atoms. The van der Waals surface area contributed by atoms with Crippen LogP contribution in [0, 0.1) is 50.2 Å². The molecule has 10 rings (SSSR count). The van der Waals surface area contributed by atoms with Crippen molar-refractivity contribution >= 4 is 5.97 Å². The van der Waals surface area contributed by atoms with E-state index in [-0.39, 0.29) is 40.6 Å². The van der Waals surface area contributed by atoms with Gasteiger partial charge in [-0.05, 0) is 109 Å². The molecule has 16 N–H and O–H groups in total. The lowest BCUT2D eigenvalue weighted by molar-refractivity contribution is -0.381. The van der Waals surface area contributed by atoms with Crippen LogP contribution in [0.15, 0.2) is 11.6 Å². The van der Waals surface area contributed by atoms with E-state index in [1.54, 1.807) is 0 Å². The van der Waals surface area contributed by atoms with Crippen molar-refractivity contribution in [2.75, 3.05) is 33.0 Å². The van der Waals surface area contributed by atoms with Gasteiger partial charge in [0, 0.05) is 0 Å². The summed E-state index contributed by atoms with van der Waals surface area (Å²) in [6, 6.07) is 0. The highest BCUT2D eigenvalue weighted by atomic mass is 16.8. The van der Waals surface area contributed by atoms with Gasteiger partial charge >= 0.3 is 5.97 Å². The SMILES string of the molecule is CC1(C)CC[C@]2(C(=O)O[C@@H]3O[C@H](CO[C@@H]4O[C@H](CO)[C@@H](O)[C@H](O)[C@H]4O)[C@@H](O)[C@H](O)[C@H]3O)CC[C@]3(C)C(=CC[C@@H]4[C@@]5(C)CC[C@H](O[C@@H]6O[C@H](CO[C@@H]7OC[C@H](O)[C@H](O)[C@H]7O)[C@@H](O)[C@H](O)[C@H]6O[C@@H]6O[C@H](CO)[C@@H](O)[C@H](O)[C@H]6O)C(C)(C)[C@@H]5CC[C@]43C)[C@@H]2C1. The molecule has 494 valence electrons. The van der Waals surface area contributed by atoms with Gasteiger partial charge in [-0.2, -0.15) is 0 Å². The maximum Gasteiger partial charge on any atom is 0.315 e. The molecule has 27 nitrogen and oxygen atoms in total. The molecule has 0 amide bonds. The average Bonchev–Trinajstić information content (AvgIpc) is 0.683. The van der Waals surface area contributed by atoms with Gasteiger partial charge < -0.3 is 129 Å². The first kappa shape index (κ1) is 67.1. The summed E-state index contributed by atoms with van der Waals surface area (Å²) in [7, 11) is 0. The van der Waals surface area contributed by atoms with Crippen LogP contribution in [-0.4, -0.2) is 274 Å². The van der Waals surface area contributed by atoms with Crippen LogP contribution in [0.25, 0.3) is 0 Å². The molecule has 5 heterocycles. The van der Waals surface area contributed by atoms with Crippen LogP contribution in [0.1, 0.15) is 113 Å². The van der Waals surface area contributed by atoms with E-state index < -0.39 is 202 Å². The number of aliphatic hydroxyl groups is 16. The third-order valence-corrected chi connectivity index (χ3v) is 23.1. The fraction of sp³-hybridized carbons (Fsp3) is 0.949. The highest BCUT2D eigenvalue weighted by molar-refractivity contribution is 5.79. The van der Waals surface area contributed by atoms with Gasteiger partial charge in [0.25, 0.3) is 0 Å². The zero-order chi connectivity index (χ0) is 62.7. The Morgan fingerprint density at radius 2 is 1.05 bits per heavy atom. The van der Waals surface area contributed by atoms with Crippen molar-refractivity contribution in [3.05, 3.63) is 11.6 Å². The van der Waals surface area contributed by atoms with E-state index in [9.17, 15) is 81.7 Å². The number of carbonyl (C=O) groups excluding carboxylic acids is 1. The third-order valence-electron chi connectivity index (χ3n) is 23.1. The number of hydrogen-bond donors (Lipinski definition) is 16. The first-order valence-electron chi connectivity index (χ1n) is 30.7. The third kappa shape index (κ3) is 11.4. The van der Waals surface area contributed by atoms with E-state index in [1.807, 2.05) is 0 Å². The number of carbonyl (C=O) groups is 1. The molecule has 32 atom stereocenters. The molecular weight excluding hydrogens is 1140 g/mol. The first-order chi connectivity index (χ1) is 40.3. The number of allylic oxidation sites excluding steroid dienone is 2. The van der Waals surface area contributed by atoms with Crippen LogP contribution in [0.2, 0.25) is 0 Å². The summed E-state index contributed by atoms with van der Waals surface area (Å²) in [5.41, 5.74) is -1.61. The normalized spacial score (nSPS) is 53.6. The zero-order valence-electron chi connectivity index (χ0n) is 50.0. The van der Waals surface area contributed by atoms with E-state index in [4.69, 9.17) is 47.4 Å². The summed E-state index contributed by atoms with van der Waals surface area (Å²) in [5.74, 6) is -0.706. The lowest BCUT2D eigenvalue weighted by Gasteiger charge is -2.71. The molecule has 5 aliphatic carbocycles. The quantitative estimate of drug-likeness (QED) is 0.0454. The van der Waals surface area contributed by atoms with Gasteiger partial charge in [0.2, 0.25) is 6.29 Å². The monoisotopic (exact) mass is 1240 g/mol. The molecule has 5 aliphatic heterocycles. The Hall–Kier alpha value is -1.79. The average molecular weight is 1240 g/mol. The second kappa shape index (κ2) is 24.9. The van der Waals surface area contributed by atoms with Crippen LogP contribution in [-0.2, 0) is 52.2 Å². The van der Waals surface area contributed by atoms with Crippen molar-refractivity contribution in [3.63, 3.8) is 0 Å². The Morgan fingerprint density at radius 3 is 1.67 bits per heavy atom. The molecule has 5 saturated heterocycles. The number of fused-ring (bicyclic) bond motifs is 7. The van der Waals surface area contributed by atoms with Crippen LogP contribution in [0.3, 0.4) is 0 Å². The summed E-state index contributed by atoms with van der Waals surface area (Å²) in [6.07, 6.45) is -31.3. The van der Waals surface area contributed by atoms with E-state index in [2.05, 4.69) is 54.5 Å². The fourth-order valence-corrected chi connectivity index (χ4v) is 17.5. The van der Waals surface area contributed by atoms with Crippen LogP contribution >= 0.6 is 0 Å². The standard InChI is InChI=1S/C59H96O27/c1-54(2)14-16-59(53(76)86-51-46(75)41(70)37(66)29(82-51)23-79-49-44(73)39(68)35(64)27(19-60)80-49)17-15-57(6)24(25(59)18-54)8-9-32-56(5)12-11-33(55(3,4)31(56)10-13-58(32,57)7)84-52-47(85-50-45(74)40(69)36(65)28(20-61)81-50)42(71)38(67)30(83-52)22-78-48-43(72)34(63)26(62)21-77-48/h8,25-52,60-75H,9-23H2,1-7H3/t25-,26-,27+,28+,29+,30+,31-,32+,33-,34-,35+,36+,37+,38+,39-,40-,41-,42-,43+,44+,45+,46+,47+,48-,49+,50-,51-,52-,56-,57+,58+,59-/m0/s1. The topological polar surface area (TPSA) is 433 Å². The molecular formula is C59H96O27. The minimum absolute atomic E-state index is 0.0358. The van der Waals surface area contributed by atoms with Gasteiger partial charge in [-0.15, -0.1) is 0 Å². The summed E-state index contributed by atoms with van der Waals surface area (Å²) in [5, 5.41) is 171. The number of rotatable bonds is 14. The molecule has 0 unspecified atom stereocenters. The Balaban J connectivity index is 0.871. The smallest absolute Gasteiger partial charge is 0.315 e. The van der Waals surface area contributed by atoms with Crippen molar-refractivity contribution in [2.24, 2.45) is 50.2 Å². The molecule has 9 fully saturated rings. The largest absolute Gasteiger partial charge is 0.432 e. The minimum atomic E-state index is -1.88. The maximum atomic E-state index is 15.2. The van der Waals surface area contributed by atoms with Gasteiger partial charge in [-0.1, -0.05) is 60.1 Å². The van der Waals surface area contributed by atoms with Crippen LogP contribution < -0.4 is 0 Å². The molecule has 10 aliphatic rings. The van der Waals surface area contributed by atoms with E-state index in [0.717, 1.165) is 12.8 Å². The number of aliphatic hydroxyl groups excluding tert-OH is 16. The second-order valence-corrected chi connectivity index (χ2v) is 28.7. The van der Waals surface area contributed by atoms with E-state index in [0.29, 0.717) is 51.4 Å². The molecule has 4 saturated carbocycles. The molecule has 0 aromatic rings.